The van der Waals surface area contributed by atoms with Gasteiger partial charge in [0.15, 0.2) is 0 Å². The molecule has 0 saturated heterocycles. The Morgan fingerprint density at radius 3 is 1.93 bits per heavy atom. The van der Waals surface area contributed by atoms with E-state index in [1.807, 2.05) is 36.4 Å². The highest BCUT2D eigenvalue weighted by molar-refractivity contribution is 5.85. The molecule has 0 aliphatic rings. The third kappa shape index (κ3) is 8.43. The molecule has 2 rings (SSSR count). The molecule has 28 heavy (non-hydrogen) atoms. The maximum atomic E-state index is 10.6. The van der Waals surface area contributed by atoms with Crippen LogP contribution in [0.2, 0.25) is 0 Å². The van der Waals surface area contributed by atoms with Gasteiger partial charge in [-0.15, -0.1) is 0 Å². The molecule has 0 atom stereocenters. The van der Waals surface area contributed by atoms with E-state index in [0.717, 1.165) is 41.5 Å². The fourth-order valence-corrected chi connectivity index (χ4v) is 3.12. The second-order valence-electron chi connectivity index (χ2n) is 7.14. The Morgan fingerprint density at radius 2 is 1.36 bits per heavy atom. The number of benzene rings is 2. The van der Waals surface area contributed by atoms with Crippen LogP contribution in [-0.2, 0) is 4.79 Å². The third-order valence-electron chi connectivity index (χ3n) is 4.78. The smallest absolute Gasteiger partial charge is 0.328 e. The van der Waals surface area contributed by atoms with Gasteiger partial charge >= 0.3 is 5.97 Å². The van der Waals surface area contributed by atoms with Crippen LogP contribution in [0, 0.1) is 0 Å². The van der Waals surface area contributed by atoms with Gasteiger partial charge < -0.3 is 9.84 Å². The van der Waals surface area contributed by atoms with Crippen LogP contribution in [0.1, 0.15) is 63.9 Å². The molecule has 0 fully saturated rings. The lowest BCUT2D eigenvalue weighted by molar-refractivity contribution is -0.131. The van der Waals surface area contributed by atoms with Gasteiger partial charge in [-0.2, -0.15) is 0 Å². The molecule has 0 aliphatic carbocycles. The average molecular weight is 381 g/mol. The molecule has 0 heterocycles. The molecular formula is C25H32O3. The molecule has 1 N–H and O–H groups in total. The van der Waals surface area contributed by atoms with E-state index in [9.17, 15) is 4.79 Å². The highest BCUT2D eigenvalue weighted by Crippen LogP contribution is 2.23. The van der Waals surface area contributed by atoms with Crippen LogP contribution in [-0.4, -0.2) is 17.7 Å². The average Bonchev–Trinajstić information content (AvgIpc) is 2.72. The summed E-state index contributed by atoms with van der Waals surface area (Å²) in [6.07, 6.45) is 13.2. The summed E-state index contributed by atoms with van der Waals surface area (Å²) in [5.74, 6) is -0.0284. The third-order valence-corrected chi connectivity index (χ3v) is 4.78. The van der Waals surface area contributed by atoms with Gasteiger partial charge in [-0.25, -0.2) is 4.79 Å². The number of carbonyl (C=O) groups is 1. The van der Waals surface area contributed by atoms with Gasteiger partial charge in [-0.1, -0.05) is 88.3 Å². The maximum Gasteiger partial charge on any atom is 0.328 e. The quantitative estimate of drug-likeness (QED) is 0.301. The lowest BCUT2D eigenvalue weighted by atomic mass is 10.0. The van der Waals surface area contributed by atoms with Crippen molar-refractivity contribution in [3.8, 4) is 16.9 Å². The van der Waals surface area contributed by atoms with Crippen LogP contribution >= 0.6 is 0 Å². The van der Waals surface area contributed by atoms with Crippen LogP contribution in [0.4, 0.5) is 0 Å². The lowest BCUT2D eigenvalue weighted by Gasteiger charge is -2.08. The number of unbranched alkanes of at least 4 members (excludes halogenated alkanes) is 7. The Hall–Kier alpha value is -2.55. The summed E-state index contributed by atoms with van der Waals surface area (Å²) in [4.78, 5) is 10.6. The molecule has 0 aliphatic heterocycles. The Morgan fingerprint density at radius 1 is 0.821 bits per heavy atom. The van der Waals surface area contributed by atoms with Crippen LogP contribution in [0.15, 0.2) is 54.6 Å². The van der Waals surface area contributed by atoms with Gasteiger partial charge in [0, 0.05) is 6.08 Å². The minimum absolute atomic E-state index is 0.777. The fraction of sp³-hybridized carbons (Fsp3) is 0.400. The molecule has 0 aromatic heterocycles. The van der Waals surface area contributed by atoms with E-state index in [-0.39, 0.29) is 0 Å². The second-order valence-corrected chi connectivity index (χ2v) is 7.14. The molecule has 0 spiro atoms. The first kappa shape index (κ1) is 21.7. The summed E-state index contributed by atoms with van der Waals surface area (Å²) in [7, 11) is 0. The summed E-state index contributed by atoms with van der Waals surface area (Å²) in [6.45, 7) is 3.03. The van der Waals surface area contributed by atoms with Crippen molar-refractivity contribution in [2.75, 3.05) is 6.61 Å². The molecule has 3 heteroatoms. The largest absolute Gasteiger partial charge is 0.494 e. The number of carboxylic acid groups (broad SMARTS) is 1. The van der Waals surface area contributed by atoms with Crippen molar-refractivity contribution in [3.05, 3.63) is 60.2 Å². The van der Waals surface area contributed by atoms with E-state index in [2.05, 4.69) is 19.1 Å². The number of rotatable bonds is 13. The Balaban J connectivity index is 1.70. The van der Waals surface area contributed by atoms with E-state index in [1.54, 1.807) is 6.08 Å². The second kappa shape index (κ2) is 12.8. The summed E-state index contributed by atoms with van der Waals surface area (Å²) in [6, 6.07) is 16.0. The van der Waals surface area contributed by atoms with E-state index in [0.29, 0.717) is 0 Å². The monoisotopic (exact) mass is 380 g/mol. The number of aliphatic carboxylic acids is 1. The van der Waals surface area contributed by atoms with Crippen molar-refractivity contribution in [1.82, 2.24) is 0 Å². The van der Waals surface area contributed by atoms with Gasteiger partial charge in [-0.05, 0) is 41.3 Å². The topological polar surface area (TPSA) is 46.5 Å². The highest BCUT2D eigenvalue weighted by Gasteiger charge is 2.00. The molecule has 2 aromatic carbocycles. The first-order chi connectivity index (χ1) is 13.7. The van der Waals surface area contributed by atoms with Gasteiger partial charge in [0.1, 0.15) is 5.75 Å². The molecular weight excluding hydrogens is 348 g/mol. The van der Waals surface area contributed by atoms with Gasteiger partial charge in [-0.3, -0.25) is 0 Å². The highest BCUT2D eigenvalue weighted by atomic mass is 16.5. The first-order valence-corrected chi connectivity index (χ1v) is 10.4. The Kier molecular flexibility index (Phi) is 9.92. The van der Waals surface area contributed by atoms with Crippen LogP contribution in [0.5, 0.6) is 5.75 Å². The van der Waals surface area contributed by atoms with Crippen molar-refractivity contribution < 1.29 is 14.6 Å². The van der Waals surface area contributed by atoms with Crippen LogP contribution < -0.4 is 4.74 Å². The standard InChI is InChI=1S/C25H32O3/c1-2-3-4-5-6-7-8-9-20-28-24-17-15-23(16-18-24)22-13-10-21(11-14-22)12-19-25(26)27/h10-19H,2-9,20H2,1H3,(H,26,27). The minimum Gasteiger partial charge on any atom is -0.494 e. The SMILES string of the molecule is CCCCCCCCCCOc1ccc(-c2ccc(C=CC(=O)O)cc2)cc1. The van der Waals surface area contributed by atoms with Crippen LogP contribution in [0.3, 0.4) is 0 Å². The lowest BCUT2D eigenvalue weighted by Crippen LogP contribution is -1.97. The zero-order valence-corrected chi connectivity index (χ0v) is 16.9. The van der Waals surface area contributed by atoms with E-state index < -0.39 is 5.97 Å². The summed E-state index contributed by atoms with van der Waals surface area (Å²) in [5, 5.41) is 8.68. The number of hydrogen-bond donors (Lipinski definition) is 1. The number of hydrogen-bond acceptors (Lipinski definition) is 2. The van der Waals surface area contributed by atoms with Crippen molar-refractivity contribution in [2.45, 2.75) is 58.3 Å². The van der Waals surface area contributed by atoms with Crippen molar-refractivity contribution in [2.24, 2.45) is 0 Å². The van der Waals surface area contributed by atoms with Crippen molar-refractivity contribution in [3.63, 3.8) is 0 Å². The van der Waals surface area contributed by atoms with E-state index in [4.69, 9.17) is 9.84 Å². The number of ether oxygens (including phenoxy) is 1. The molecule has 0 bridgehead atoms. The van der Waals surface area contributed by atoms with Crippen molar-refractivity contribution >= 4 is 12.0 Å². The predicted octanol–water partition coefficient (Wildman–Crippen LogP) is 6.97. The van der Waals surface area contributed by atoms with Gasteiger partial charge in [0.25, 0.3) is 0 Å². The first-order valence-electron chi connectivity index (χ1n) is 10.4. The summed E-state index contributed by atoms with van der Waals surface area (Å²) >= 11 is 0. The van der Waals surface area contributed by atoms with Crippen molar-refractivity contribution in [1.29, 1.82) is 0 Å². The Bertz CT molecular complexity index is 714. The molecule has 2 aromatic rings. The normalized spacial score (nSPS) is 11.0. The maximum absolute atomic E-state index is 10.6. The Labute approximate surface area is 169 Å². The molecule has 0 radical (unpaired) electrons. The molecule has 0 unspecified atom stereocenters. The summed E-state index contributed by atoms with van der Waals surface area (Å²) in [5.41, 5.74) is 3.09. The number of carboxylic acids is 1. The predicted molar refractivity (Wildman–Crippen MR) is 117 cm³/mol. The summed E-state index contributed by atoms with van der Waals surface area (Å²) < 4.78 is 5.85. The molecule has 150 valence electrons. The van der Waals surface area contributed by atoms with Gasteiger partial charge in [0.05, 0.1) is 6.61 Å². The zero-order chi connectivity index (χ0) is 20.0. The van der Waals surface area contributed by atoms with Gasteiger partial charge in [0.2, 0.25) is 0 Å². The van der Waals surface area contributed by atoms with Crippen LogP contribution in [0.25, 0.3) is 17.2 Å². The molecule has 0 saturated carbocycles. The zero-order valence-electron chi connectivity index (χ0n) is 16.9. The van der Waals surface area contributed by atoms with E-state index >= 15 is 0 Å². The fourth-order valence-electron chi connectivity index (χ4n) is 3.12. The minimum atomic E-state index is -0.938. The van der Waals surface area contributed by atoms with E-state index in [1.165, 1.54) is 44.9 Å². The molecule has 0 amide bonds. The molecule has 3 nitrogen and oxygen atoms in total.